The summed E-state index contributed by atoms with van der Waals surface area (Å²) in [5, 5.41) is -0.514. The van der Waals surface area contributed by atoms with Gasteiger partial charge in [-0.2, -0.15) is 0 Å². The molecule has 1 aromatic heterocycles. The van der Waals surface area contributed by atoms with Crippen molar-refractivity contribution in [3.8, 4) is 5.88 Å². The standard InChI is InChI=1S/C7H6ClNO2.ClH/c1-11-6-3-2-5(4-9-6)7(8)10;/h2-4H,1H3;1H. The summed E-state index contributed by atoms with van der Waals surface area (Å²) in [6.45, 7) is 0. The summed E-state index contributed by atoms with van der Waals surface area (Å²) in [6.07, 6.45) is 1.37. The van der Waals surface area contributed by atoms with Gasteiger partial charge in [0.25, 0.3) is 5.24 Å². The van der Waals surface area contributed by atoms with E-state index in [1.807, 2.05) is 0 Å². The van der Waals surface area contributed by atoms with Gasteiger partial charge in [0, 0.05) is 12.3 Å². The Morgan fingerprint density at radius 1 is 1.58 bits per heavy atom. The Balaban J connectivity index is 0.00000121. The van der Waals surface area contributed by atoms with Gasteiger partial charge in [0.2, 0.25) is 5.88 Å². The number of hydrogen-bond donors (Lipinski definition) is 0. The first-order valence-corrected chi connectivity index (χ1v) is 3.31. The van der Waals surface area contributed by atoms with Crippen molar-refractivity contribution < 1.29 is 9.53 Å². The third kappa shape index (κ3) is 2.68. The highest BCUT2D eigenvalue weighted by atomic mass is 35.5. The summed E-state index contributed by atoms with van der Waals surface area (Å²) < 4.78 is 4.78. The van der Waals surface area contributed by atoms with Crippen LogP contribution in [0.15, 0.2) is 18.3 Å². The van der Waals surface area contributed by atoms with E-state index in [1.165, 1.54) is 13.3 Å². The number of aromatic nitrogens is 1. The fourth-order valence-corrected chi connectivity index (χ4v) is 0.729. The predicted octanol–water partition coefficient (Wildman–Crippen LogP) is 1.89. The molecule has 0 saturated carbocycles. The summed E-state index contributed by atoms with van der Waals surface area (Å²) in [7, 11) is 1.50. The van der Waals surface area contributed by atoms with Crippen LogP contribution < -0.4 is 4.74 Å². The minimum Gasteiger partial charge on any atom is -0.481 e. The van der Waals surface area contributed by atoms with E-state index in [4.69, 9.17) is 16.3 Å². The van der Waals surface area contributed by atoms with Gasteiger partial charge >= 0.3 is 0 Å². The highest BCUT2D eigenvalue weighted by Gasteiger charge is 2.00. The zero-order valence-corrected chi connectivity index (χ0v) is 7.85. The van der Waals surface area contributed by atoms with Crippen molar-refractivity contribution in [2.75, 3.05) is 7.11 Å². The Hall–Kier alpha value is -0.800. The molecule has 0 aliphatic rings. The van der Waals surface area contributed by atoms with Crippen LogP contribution in [-0.4, -0.2) is 17.3 Å². The van der Waals surface area contributed by atoms with Crippen LogP contribution in [-0.2, 0) is 0 Å². The van der Waals surface area contributed by atoms with Crippen LogP contribution in [0.25, 0.3) is 0 Å². The molecule has 0 N–H and O–H groups in total. The van der Waals surface area contributed by atoms with Crippen molar-refractivity contribution in [3.63, 3.8) is 0 Å². The van der Waals surface area contributed by atoms with Gasteiger partial charge in [-0.3, -0.25) is 4.79 Å². The minimum atomic E-state index is -0.514. The summed E-state index contributed by atoms with van der Waals surface area (Å²) in [4.78, 5) is 14.3. The van der Waals surface area contributed by atoms with E-state index in [9.17, 15) is 4.79 Å². The number of rotatable bonds is 2. The van der Waals surface area contributed by atoms with Crippen molar-refractivity contribution in [2.45, 2.75) is 0 Å². The number of carbonyl (C=O) groups excluding carboxylic acids is 1. The van der Waals surface area contributed by atoms with Gasteiger partial charge < -0.3 is 4.74 Å². The third-order valence-electron chi connectivity index (χ3n) is 1.17. The second-order valence-electron chi connectivity index (χ2n) is 1.86. The van der Waals surface area contributed by atoms with Gasteiger partial charge in [-0.05, 0) is 17.7 Å². The molecule has 1 aromatic rings. The van der Waals surface area contributed by atoms with Gasteiger partial charge in [-0.25, -0.2) is 4.98 Å². The van der Waals surface area contributed by atoms with Crippen LogP contribution in [0.3, 0.4) is 0 Å². The molecule has 0 spiro atoms. The molecule has 12 heavy (non-hydrogen) atoms. The summed E-state index contributed by atoms with van der Waals surface area (Å²) in [6, 6.07) is 3.14. The topological polar surface area (TPSA) is 39.2 Å². The van der Waals surface area contributed by atoms with Crippen LogP contribution in [0.5, 0.6) is 5.88 Å². The Morgan fingerprint density at radius 3 is 2.58 bits per heavy atom. The van der Waals surface area contributed by atoms with Gasteiger partial charge in [-0.1, -0.05) is 0 Å². The van der Waals surface area contributed by atoms with Crippen molar-refractivity contribution >= 4 is 29.3 Å². The van der Waals surface area contributed by atoms with Crippen LogP contribution in [0.1, 0.15) is 10.4 Å². The molecule has 5 heteroatoms. The zero-order chi connectivity index (χ0) is 8.27. The lowest BCUT2D eigenvalue weighted by Gasteiger charge is -1.96. The lowest BCUT2D eigenvalue weighted by Crippen LogP contribution is -1.91. The van der Waals surface area contributed by atoms with Crippen molar-refractivity contribution in [1.29, 1.82) is 0 Å². The predicted molar refractivity (Wildman–Crippen MR) is 48.2 cm³/mol. The van der Waals surface area contributed by atoms with Crippen LogP contribution in [0, 0.1) is 0 Å². The number of hydrogen-bond acceptors (Lipinski definition) is 3. The quantitative estimate of drug-likeness (QED) is 0.696. The second-order valence-corrected chi connectivity index (χ2v) is 2.21. The second kappa shape index (κ2) is 4.95. The number of carbonyl (C=O) groups is 1. The molecule has 0 unspecified atom stereocenters. The van der Waals surface area contributed by atoms with Crippen LogP contribution in [0.2, 0.25) is 0 Å². The normalized spacial score (nSPS) is 8.50. The van der Waals surface area contributed by atoms with Crippen molar-refractivity contribution in [2.24, 2.45) is 0 Å². The SMILES string of the molecule is COc1ccc(C(=O)Cl)cn1.Cl. The maximum atomic E-state index is 10.5. The lowest BCUT2D eigenvalue weighted by molar-refractivity contribution is 0.108. The highest BCUT2D eigenvalue weighted by Crippen LogP contribution is 2.08. The maximum Gasteiger partial charge on any atom is 0.253 e. The molecule has 0 fully saturated rings. The molecule has 0 radical (unpaired) electrons. The number of ether oxygens (including phenoxy) is 1. The molecule has 0 atom stereocenters. The van der Waals surface area contributed by atoms with Crippen LogP contribution >= 0.6 is 24.0 Å². The Kier molecular flexibility index (Phi) is 4.62. The molecule has 0 saturated heterocycles. The minimum absolute atomic E-state index is 0. The Bertz CT molecular complexity index is 261. The zero-order valence-electron chi connectivity index (χ0n) is 6.28. The highest BCUT2D eigenvalue weighted by molar-refractivity contribution is 6.67. The molecule has 66 valence electrons. The van der Waals surface area contributed by atoms with Gasteiger partial charge in [0.05, 0.1) is 12.7 Å². The Morgan fingerprint density at radius 2 is 2.25 bits per heavy atom. The smallest absolute Gasteiger partial charge is 0.253 e. The number of methoxy groups -OCH3 is 1. The van der Waals surface area contributed by atoms with Gasteiger partial charge in [0.15, 0.2) is 0 Å². The molecule has 0 aromatic carbocycles. The van der Waals surface area contributed by atoms with Crippen molar-refractivity contribution in [1.82, 2.24) is 4.98 Å². The number of halogens is 2. The van der Waals surface area contributed by atoms with E-state index in [-0.39, 0.29) is 12.4 Å². The fourth-order valence-electron chi connectivity index (χ4n) is 0.617. The lowest BCUT2D eigenvalue weighted by atomic mass is 10.3. The van der Waals surface area contributed by atoms with Gasteiger partial charge in [-0.15, -0.1) is 12.4 Å². The molecule has 1 heterocycles. The van der Waals surface area contributed by atoms with E-state index >= 15 is 0 Å². The maximum absolute atomic E-state index is 10.5. The summed E-state index contributed by atoms with van der Waals surface area (Å²) in [5.41, 5.74) is 0.368. The first-order valence-electron chi connectivity index (χ1n) is 2.94. The molecule has 3 nitrogen and oxygen atoms in total. The third-order valence-corrected chi connectivity index (χ3v) is 1.39. The number of nitrogens with zero attached hydrogens (tertiary/aromatic N) is 1. The van der Waals surface area contributed by atoms with E-state index in [2.05, 4.69) is 4.98 Å². The monoisotopic (exact) mass is 207 g/mol. The first kappa shape index (κ1) is 11.2. The van der Waals surface area contributed by atoms with Gasteiger partial charge in [0.1, 0.15) is 0 Å². The average Bonchev–Trinajstić information content (AvgIpc) is 2.05. The molecular weight excluding hydrogens is 201 g/mol. The van der Waals surface area contributed by atoms with Crippen LogP contribution in [0.4, 0.5) is 0 Å². The fraction of sp³-hybridized carbons (Fsp3) is 0.143. The summed E-state index contributed by atoms with van der Waals surface area (Å²) in [5.74, 6) is 0.465. The molecule has 1 rings (SSSR count). The number of pyridine rings is 1. The molecule has 0 aliphatic heterocycles. The van der Waals surface area contributed by atoms with E-state index in [0.717, 1.165) is 0 Å². The van der Waals surface area contributed by atoms with E-state index in [0.29, 0.717) is 11.4 Å². The first-order chi connectivity index (χ1) is 5.24. The van der Waals surface area contributed by atoms with Crippen molar-refractivity contribution in [3.05, 3.63) is 23.9 Å². The molecule has 0 bridgehead atoms. The van der Waals surface area contributed by atoms with E-state index in [1.54, 1.807) is 12.1 Å². The Labute approximate surface area is 81.1 Å². The molecule has 0 aliphatic carbocycles. The van der Waals surface area contributed by atoms with E-state index < -0.39 is 5.24 Å². The largest absolute Gasteiger partial charge is 0.481 e. The molecular formula is C7H7Cl2NO2. The molecule has 0 amide bonds. The summed E-state index contributed by atoms with van der Waals surface area (Å²) >= 11 is 5.18. The average molecular weight is 208 g/mol.